The quantitative estimate of drug-likeness (QED) is 0.617. The van der Waals surface area contributed by atoms with Crippen LogP contribution in [0.4, 0.5) is 11.5 Å². The topological polar surface area (TPSA) is 109 Å². The lowest BCUT2D eigenvalue weighted by molar-refractivity contribution is 0.150. The number of anilines is 2. The Balaban J connectivity index is 1.72. The van der Waals surface area contributed by atoms with Crippen LogP contribution in [-0.2, 0) is 14.6 Å². The third kappa shape index (κ3) is 4.00. The van der Waals surface area contributed by atoms with Crippen molar-refractivity contribution in [3.63, 3.8) is 0 Å². The van der Waals surface area contributed by atoms with Gasteiger partial charge in [0.2, 0.25) is 0 Å². The zero-order valence-electron chi connectivity index (χ0n) is 18.8. The van der Waals surface area contributed by atoms with Crippen LogP contribution in [0.5, 0.6) is 0 Å². The molecule has 0 bridgehead atoms. The van der Waals surface area contributed by atoms with Gasteiger partial charge in [-0.15, -0.1) is 5.10 Å². The van der Waals surface area contributed by atoms with Crippen molar-refractivity contribution in [1.82, 2.24) is 14.9 Å². The maximum Gasteiger partial charge on any atom is 0.261 e. The number of pyridine rings is 1. The van der Waals surface area contributed by atoms with Crippen molar-refractivity contribution in [2.24, 2.45) is 0 Å². The third-order valence-corrected chi connectivity index (χ3v) is 8.22. The number of rotatable bonds is 4. The lowest BCUT2D eigenvalue weighted by atomic mass is 10.2. The Kier molecular flexibility index (Phi) is 5.76. The van der Waals surface area contributed by atoms with Crippen LogP contribution < -0.4 is 15.9 Å². The van der Waals surface area contributed by atoms with E-state index in [1.165, 1.54) is 0 Å². The fraction of sp³-hybridized carbons (Fsp3) is 0.455. The van der Waals surface area contributed by atoms with Gasteiger partial charge >= 0.3 is 0 Å². The summed E-state index contributed by atoms with van der Waals surface area (Å²) in [7, 11) is -3.45. The number of aromatic amines is 1. The van der Waals surface area contributed by atoms with Gasteiger partial charge in [-0.2, -0.15) is 4.79 Å². The average molecular weight is 460 g/mol. The van der Waals surface area contributed by atoms with Crippen LogP contribution in [0.15, 0.2) is 46.2 Å². The minimum atomic E-state index is -3.45. The molecule has 2 aromatic heterocycles. The SMILES string of the molecule is C[C@H]1CCOCCN1n1nc(Nc2ccc(S(=O)(=O)C(C)(C)C)cc2)c2c(=O)[nH]ccc21. The Bertz CT molecular complexity index is 1270. The van der Waals surface area contributed by atoms with Crippen molar-refractivity contribution in [1.29, 1.82) is 0 Å². The number of fused-ring (bicyclic) bond motifs is 1. The molecular formula is C22H29N5O4S. The number of nitrogens with one attached hydrogen (secondary N) is 2. The first-order valence-corrected chi connectivity index (χ1v) is 12.1. The maximum absolute atomic E-state index is 12.7. The average Bonchev–Trinajstić information content (AvgIpc) is 2.95. The maximum atomic E-state index is 12.7. The molecular weight excluding hydrogens is 430 g/mol. The van der Waals surface area contributed by atoms with Crippen molar-refractivity contribution in [3.8, 4) is 0 Å². The van der Waals surface area contributed by atoms with E-state index in [-0.39, 0.29) is 16.5 Å². The van der Waals surface area contributed by atoms with Gasteiger partial charge in [0.05, 0.1) is 22.8 Å². The van der Waals surface area contributed by atoms with E-state index in [1.807, 2.05) is 6.07 Å². The van der Waals surface area contributed by atoms with Crippen LogP contribution in [0.1, 0.15) is 34.1 Å². The molecule has 0 unspecified atom stereocenters. The van der Waals surface area contributed by atoms with Gasteiger partial charge in [-0.25, -0.2) is 8.42 Å². The Morgan fingerprint density at radius 1 is 1.16 bits per heavy atom. The Morgan fingerprint density at radius 3 is 2.56 bits per heavy atom. The standard InChI is InChI=1S/C22H29N5O4S/c1-15-10-13-31-14-12-26(15)27-18-9-11-23-21(28)19(18)20(25-27)24-16-5-7-17(8-6-16)32(29,30)22(2,3)4/h5-9,11,15H,10,12-14H2,1-4H3,(H,23,28)(H,24,25)/t15-/m0/s1. The molecule has 1 aliphatic rings. The van der Waals surface area contributed by atoms with E-state index in [4.69, 9.17) is 9.84 Å². The van der Waals surface area contributed by atoms with Crippen molar-refractivity contribution < 1.29 is 13.2 Å². The van der Waals surface area contributed by atoms with E-state index in [1.54, 1.807) is 56.0 Å². The molecule has 0 saturated carbocycles. The largest absolute Gasteiger partial charge is 0.379 e. The molecule has 10 heteroatoms. The van der Waals surface area contributed by atoms with Crippen LogP contribution in [0.3, 0.4) is 0 Å². The zero-order valence-corrected chi connectivity index (χ0v) is 19.6. The number of hydrogen-bond donors (Lipinski definition) is 2. The summed E-state index contributed by atoms with van der Waals surface area (Å²) < 4.78 is 30.1. The third-order valence-electron chi connectivity index (χ3n) is 5.72. The number of nitrogens with zero attached hydrogens (tertiary/aromatic N) is 3. The molecule has 32 heavy (non-hydrogen) atoms. The number of H-pyrrole nitrogens is 1. The van der Waals surface area contributed by atoms with Crippen LogP contribution in [0.25, 0.3) is 10.9 Å². The molecule has 1 fully saturated rings. The van der Waals surface area contributed by atoms with Gasteiger partial charge in [-0.3, -0.25) is 9.80 Å². The van der Waals surface area contributed by atoms with E-state index < -0.39 is 14.6 Å². The first kappa shape index (κ1) is 22.3. The first-order valence-electron chi connectivity index (χ1n) is 10.7. The molecule has 1 aliphatic heterocycles. The predicted octanol–water partition coefficient (Wildman–Crippen LogP) is 2.79. The summed E-state index contributed by atoms with van der Waals surface area (Å²) in [6.07, 6.45) is 2.47. The van der Waals surface area contributed by atoms with E-state index in [9.17, 15) is 13.2 Å². The van der Waals surface area contributed by atoms with Crippen molar-refractivity contribution in [3.05, 3.63) is 46.9 Å². The number of ether oxygens (including phenoxy) is 1. The highest BCUT2D eigenvalue weighted by atomic mass is 32.2. The highest BCUT2D eigenvalue weighted by Crippen LogP contribution is 2.28. The lowest BCUT2D eigenvalue weighted by Gasteiger charge is -2.28. The van der Waals surface area contributed by atoms with Crippen LogP contribution >= 0.6 is 0 Å². The first-order chi connectivity index (χ1) is 15.1. The second-order valence-electron chi connectivity index (χ2n) is 8.98. The van der Waals surface area contributed by atoms with Crippen LogP contribution in [0.2, 0.25) is 0 Å². The lowest BCUT2D eigenvalue weighted by Crippen LogP contribution is -2.43. The minimum absolute atomic E-state index is 0.189. The molecule has 9 nitrogen and oxygen atoms in total. The van der Waals surface area contributed by atoms with E-state index >= 15 is 0 Å². The fourth-order valence-corrected chi connectivity index (χ4v) is 4.92. The molecule has 172 valence electrons. The zero-order chi connectivity index (χ0) is 23.1. The summed E-state index contributed by atoms with van der Waals surface area (Å²) in [4.78, 5) is 17.4. The summed E-state index contributed by atoms with van der Waals surface area (Å²) >= 11 is 0. The monoisotopic (exact) mass is 459 g/mol. The molecule has 0 amide bonds. The number of hydrogen-bond acceptors (Lipinski definition) is 7. The molecule has 0 radical (unpaired) electrons. The van der Waals surface area contributed by atoms with Crippen molar-refractivity contribution in [2.45, 2.75) is 49.8 Å². The van der Waals surface area contributed by atoms with Crippen LogP contribution in [-0.4, -0.2) is 53.8 Å². The Hall–Kier alpha value is -2.85. The summed E-state index contributed by atoms with van der Waals surface area (Å²) in [6, 6.07) is 8.52. The second-order valence-corrected chi connectivity index (χ2v) is 11.7. The van der Waals surface area contributed by atoms with Crippen LogP contribution in [0, 0.1) is 0 Å². The smallest absolute Gasteiger partial charge is 0.261 e. The summed E-state index contributed by atoms with van der Waals surface area (Å²) in [5.41, 5.74) is 1.08. The van der Waals surface area contributed by atoms with Gasteiger partial charge in [0.15, 0.2) is 15.7 Å². The van der Waals surface area contributed by atoms with Gasteiger partial charge in [0.25, 0.3) is 5.56 Å². The van der Waals surface area contributed by atoms with Gasteiger partial charge in [0.1, 0.15) is 10.9 Å². The molecule has 4 rings (SSSR count). The summed E-state index contributed by atoms with van der Waals surface area (Å²) in [5, 5.41) is 10.4. The van der Waals surface area contributed by atoms with Crippen molar-refractivity contribution >= 4 is 32.2 Å². The second kappa shape index (κ2) is 8.25. The Labute approximate surface area is 187 Å². The normalized spacial score (nSPS) is 18.0. The van der Waals surface area contributed by atoms with Gasteiger partial charge < -0.3 is 15.0 Å². The molecule has 2 N–H and O–H groups in total. The minimum Gasteiger partial charge on any atom is -0.379 e. The van der Waals surface area contributed by atoms with E-state index in [0.717, 1.165) is 6.42 Å². The number of sulfone groups is 1. The van der Waals surface area contributed by atoms with Gasteiger partial charge in [-0.05, 0) is 64.4 Å². The van der Waals surface area contributed by atoms with E-state index in [0.29, 0.717) is 42.2 Å². The van der Waals surface area contributed by atoms with E-state index in [2.05, 4.69) is 22.2 Å². The molecule has 1 aromatic carbocycles. The highest BCUT2D eigenvalue weighted by Gasteiger charge is 2.30. The molecule has 0 aliphatic carbocycles. The van der Waals surface area contributed by atoms with Gasteiger partial charge in [0, 0.05) is 24.5 Å². The number of aromatic nitrogens is 3. The Morgan fingerprint density at radius 2 is 1.88 bits per heavy atom. The molecule has 1 saturated heterocycles. The fourth-order valence-electron chi connectivity index (χ4n) is 3.72. The molecule has 1 atom stereocenters. The summed E-state index contributed by atoms with van der Waals surface area (Å²) in [6.45, 7) is 9.06. The van der Waals surface area contributed by atoms with Crippen molar-refractivity contribution in [2.75, 3.05) is 30.1 Å². The predicted molar refractivity (Wildman–Crippen MR) is 125 cm³/mol. The molecule has 3 heterocycles. The number of benzene rings is 1. The summed E-state index contributed by atoms with van der Waals surface area (Å²) in [5.74, 6) is 0.408. The van der Waals surface area contributed by atoms with Gasteiger partial charge in [-0.1, -0.05) is 0 Å². The molecule has 0 spiro atoms. The highest BCUT2D eigenvalue weighted by molar-refractivity contribution is 7.92. The molecule has 3 aromatic rings.